The van der Waals surface area contributed by atoms with E-state index in [0.29, 0.717) is 23.9 Å². The highest BCUT2D eigenvalue weighted by Gasteiger charge is 2.21. The van der Waals surface area contributed by atoms with E-state index in [1.54, 1.807) is 4.90 Å². The fourth-order valence-electron chi connectivity index (χ4n) is 2.09. The lowest BCUT2D eigenvalue weighted by Crippen LogP contribution is -2.30. The summed E-state index contributed by atoms with van der Waals surface area (Å²) in [5.74, 6) is 0.136. The number of carbonyl (C=O) groups excluding carboxylic acids is 1. The van der Waals surface area contributed by atoms with Crippen molar-refractivity contribution in [3.05, 3.63) is 21.9 Å². The van der Waals surface area contributed by atoms with Crippen LogP contribution in [-0.4, -0.2) is 43.8 Å². The summed E-state index contributed by atoms with van der Waals surface area (Å²) >= 11 is 8.98. The number of sulfonamides is 1. The number of hydrogen-bond donors (Lipinski definition) is 1. The molecule has 116 valence electrons. The van der Waals surface area contributed by atoms with Gasteiger partial charge in [0.05, 0.1) is 0 Å². The van der Waals surface area contributed by atoms with Crippen LogP contribution in [0.3, 0.4) is 0 Å². The molecule has 0 aliphatic carbocycles. The first-order chi connectivity index (χ1) is 9.90. The molecule has 2 heterocycles. The summed E-state index contributed by atoms with van der Waals surface area (Å²) in [6.07, 6.45) is 3.46. The summed E-state index contributed by atoms with van der Waals surface area (Å²) in [5.41, 5.74) is 0. The van der Waals surface area contributed by atoms with Gasteiger partial charge in [0.15, 0.2) is 0 Å². The van der Waals surface area contributed by atoms with Crippen molar-refractivity contribution in [2.75, 3.05) is 19.6 Å². The summed E-state index contributed by atoms with van der Waals surface area (Å²) < 4.78 is 27.3. The fourth-order valence-corrected chi connectivity index (χ4v) is 4.10. The lowest BCUT2D eigenvalue weighted by atomic mass is 10.4. The Morgan fingerprint density at radius 3 is 2.90 bits per heavy atom. The van der Waals surface area contributed by atoms with Crippen LogP contribution in [0.1, 0.15) is 19.3 Å². The molecule has 0 radical (unpaired) electrons. The van der Waals surface area contributed by atoms with Crippen LogP contribution >= 0.6 is 27.5 Å². The molecule has 0 saturated carbocycles. The molecule has 21 heavy (non-hydrogen) atoms. The van der Waals surface area contributed by atoms with Crippen LogP contribution in [-0.2, 0) is 14.8 Å². The van der Waals surface area contributed by atoms with Crippen molar-refractivity contribution in [1.82, 2.24) is 14.6 Å². The number of aromatic nitrogens is 1. The monoisotopic (exact) mass is 395 g/mol. The van der Waals surface area contributed by atoms with Crippen molar-refractivity contribution in [3.8, 4) is 0 Å². The molecule has 1 saturated heterocycles. The van der Waals surface area contributed by atoms with E-state index in [2.05, 4.69) is 25.6 Å². The van der Waals surface area contributed by atoms with Crippen LogP contribution in [0, 0.1) is 0 Å². The second-order valence-corrected chi connectivity index (χ2v) is 7.69. The zero-order valence-electron chi connectivity index (χ0n) is 11.2. The highest BCUT2D eigenvalue weighted by atomic mass is 79.9. The van der Waals surface area contributed by atoms with E-state index in [1.807, 2.05) is 0 Å². The highest BCUT2D eigenvalue weighted by molar-refractivity contribution is 9.10. The Morgan fingerprint density at radius 2 is 2.24 bits per heavy atom. The molecule has 0 bridgehead atoms. The maximum atomic E-state index is 12.1. The zero-order chi connectivity index (χ0) is 15.5. The molecule has 9 heteroatoms. The second kappa shape index (κ2) is 7.04. The van der Waals surface area contributed by atoms with Crippen LogP contribution in [0.25, 0.3) is 0 Å². The van der Waals surface area contributed by atoms with Crippen molar-refractivity contribution in [2.45, 2.75) is 24.2 Å². The third-order valence-electron chi connectivity index (χ3n) is 3.13. The van der Waals surface area contributed by atoms with Gasteiger partial charge in [0, 0.05) is 36.7 Å². The van der Waals surface area contributed by atoms with E-state index in [9.17, 15) is 13.2 Å². The van der Waals surface area contributed by atoms with Crippen LogP contribution < -0.4 is 4.72 Å². The first kappa shape index (κ1) is 16.7. The Labute approximate surface area is 137 Å². The van der Waals surface area contributed by atoms with Crippen LogP contribution in [0.4, 0.5) is 0 Å². The number of carbonyl (C=O) groups is 1. The molecule has 0 spiro atoms. The van der Waals surface area contributed by atoms with Gasteiger partial charge in [-0.1, -0.05) is 11.6 Å². The number of hydrogen-bond acceptors (Lipinski definition) is 4. The molecular formula is C12H15BrClN3O3S. The number of rotatable bonds is 6. The minimum Gasteiger partial charge on any atom is -0.343 e. The van der Waals surface area contributed by atoms with Gasteiger partial charge in [0.25, 0.3) is 0 Å². The molecule has 2 rings (SSSR count). The Kier molecular flexibility index (Phi) is 5.59. The van der Waals surface area contributed by atoms with Gasteiger partial charge in [-0.2, -0.15) is 0 Å². The normalized spacial score (nSPS) is 15.7. The number of nitrogens with one attached hydrogen (secondary N) is 1. The number of pyridine rings is 1. The molecule has 0 atom stereocenters. The predicted molar refractivity (Wildman–Crippen MR) is 82.6 cm³/mol. The van der Waals surface area contributed by atoms with Crippen LogP contribution in [0.5, 0.6) is 0 Å². The minimum absolute atomic E-state index is 0.0595. The summed E-state index contributed by atoms with van der Waals surface area (Å²) in [4.78, 5) is 16.9. The van der Waals surface area contributed by atoms with Gasteiger partial charge in [-0.15, -0.1) is 0 Å². The van der Waals surface area contributed by atoms with Gasteiger partial charge in [-0.3, -0.25) is 4.79 Å². The maximum absolute atomic E-state index is 12.1. The molecule has 1 aliphatic rings. The average molecular weight is 397 g/mol. The molecule has 0 unspecified atom stereocenters. The molecule has 6 nitrogen and oxygen atoms in total. The first-order valence-corrected chi connectivity index (χ1v) is 9.14. The fraction of sp³-hybridized carbons (Fsp3) is 0.500. The smallest absolute Gasteiger partial charge is 0.243 e. The van der Waals surface area contributed by atoms with Crippen LogP contribution in [0.2, 0.25) is 5.15 Å². The van der Waals surface area contributed by atoms with Gasteiger partial charge in [0.1, 0.15) is 10.0 Å². The van der Waals surface area contributed by atoms with Gasteiger partial charge in [-0.25, -0.2) is 18.1 Å². The molecule has 1 N–H and O–H groups in total. The van der Waals surface area contributed by atoms with Gasteiger partial charge < -0.3 is 4.90 Å². The van der Waals surface area contributed by atoms with Gasteiger partial charge in [-0.05, 0) is 34.8 Å². The summed E-state index contributed by atoms with van der Waals surface area (Å²) in [5, 5.41) is -0.0691. The summed E-state index contributed by atoms with van der Waals surface area (Å²) in [6, 6.07) is 1.40. The topological polar surface area (TPSA) is 79.4 Å². The standard InChI is InChI=1S/C12H15BrClN3O3S/c13-9-7-10(12(14)15-8-9)21(19,20)16-4-2-6-17-5-1-3-11(17)18/h7-8,16H,1-6H2. The lowest BCUT2D eigenvalue weighted by molar-refractivity contribution is -0.127. The third-order valence-corrected chi connectivity index (χ3v) is 5.45. The van der Waals surface area contributed by atoms with E-state index in [0.717, 1.165) is 13.0 Å². The number of amides is 1. The minimum atomic E-state index is -3.70. The van der Waals surface area contributed by atoms with Gasteiger partial charge >= 0.3 is 0 Å². The Hall–Kier alpha value is -0.700. The number of halogens is 2. The van der Waals surface area contributed by atoms with E-state index in [4.69, 9.17) is 11.6 Å². The second-order valence-electron chi connectivity index (χ2n) is 4.68. The van der Waals surface area contributed by atoms with Crippen molar-refractivity contribution >= 4 is 43.5 Å². The lowest BCUT2D eigenvalue weighted by Gasteiger charge is -2.15. The SMILES string of the molecule is O=C1CCCN1CCCNS(=O)(=O)c1cc(Br)cnc1Cl. The molecule has 0 aromatic carbocycles. The molecule has 1 amide bonds. The molecule has 1 aromatic heterocycles. The summed E-state index contributed by atoms with van der Waals surface area (Å²) in [6.45, 7) is 1.56. The average Bonchev–Trinajstić information content (AvgIpc) is 2.83. The number of likely N-dealkylation sites (tertiary alicyclic amines) is 1. The largest absolute Gasteiger partial charge is 0.343 e. The van der Waals surface area contributed by atoms with Crippen LogP contribution in [0.15, 0.2) is 21.6 Å². The van der Waals surface area contributed by atoms with Gasteiger partial charge in [0.2, 0.25) is 15.9 Å². The van der Waals surface area contributed by atoms with E-state index in [1.165, 1.54) is 12.3 Å². The molecule has 1 aliphatic heterocycles. The van der Waals surface area contributed by atoms with E-state index in [-0.39, 0.29) is 22.5 Å². The Balaban J connectivity index is 1.89. The van der Waals surface area contributed by atoms with Crippen molar-refractivity contribution < 1.29 is 13.2 Å². The quantitative estimate of drug-likeness (QED) is 0.587. The third kappa shape index (κ3) is 4.38. The Morgan fingerprint density at radius 1 is 1.48 bits per heavy atom. The predicted octanol–water partition coefficient (Wildman–Crippen LogP) is 1.79. The van der Waals surface area contributed by atoms with Crippen molar-refractivity contribution in [3.63, 3.8) is 0 Å². The zero-order valence-corrected chi connectivity index (χ0v) is 14.3. The Bertz CT molecular complexity index is 639. The van der Waals surface area contributed by atoms with Crippen molar-refractivity contribution in [2.24, 2.45) is 0 Å². The molecule has 1 aromatic rings. The maximum Gasteiger partial charge on any atom is 0.243 e. The molecule has 1 fully saturated rings. The summed E-state index contributed by atoms with van der Waals surface area (Å²) in [7, 11) is -3.70. The molecular weight excluding hydrogens is 382 g/mol. The van der Waals surface area contributed by atoms with Crippen molar-refractivity contribution in [1.29, 1.82) is 0 Å². The number of nitrogens with zero attached hydrogens (tertiary/aromatic N) is 2. The van der Waals surface area contributed by atoms with E-state index < -0.39 is 10.0 Å². The first-order valence-electron chi connectivity index (χ1n) is 6.48. The highest BCUT2D eigenvalue weighted by Crippen LogP contribution is 2.22. The van der Waals surface area contributed by atoms with E-state index >= 15 is 0 Å².